The van der Waals surface area contributed by atoms with Gasteiger partial charge in [0.2, 0.25) is 0 Å². The number of aliphatic carboxylic acids is 1. The molecular formula is C16H13ClN4O2. The van der Waals surface area contributed by atoms with Crippen LogP contribution in [0, 0.1) is 11.3 Å². The fourth-order valence-corrected chi connectivity index (χ4v) is 2.58. The Hall–Kier alpha value is -2.78. The van der Waals surface area contributed by atoms with Crippen LogP contribution in [0.25, 0.3) is 11.2 Å². The van der Waals surface area contributed by atoms with E-state index in [1.807, 2.05) is 18.2 Å². The molecule has 0 saturated carbocycles. The molecule has 1 aliphatic rings. The van der Waals surface area contributed by atoms with Crippen LogP contribution in [0.4, 0.5) is 5.82 Å². The van der Waals surface area contributed by atoms with Gasteiger partial charge in [-0.25, -0.2) is 4.98 Å². The van der Waals surface area contributed by atoms with Crippen molar-refractivity contribution in [2.45, 2.75) is 11.8 Å². The molecule has 1 atom stereocenters. The number of fused-ring (bicyclic) bond motifs is 1. The third-order valence-electron chi connectivity index (χ3n) is 3.48. The zero-order valence-electron chi connectivity index (χ0n) is 12.0. The van der Waals surface area contributed by atoms with Gasteiger partial charge in [-0.2, -0.15) is 5.26 Å². The van der Waals surface area contributed by atoms with Gasteiger partial charge >= 0.3 is 5.97 Å². The molecule has 7 heteroatoms. The number of pyridine rings is 1. The molecule has 0 spiro atoms. The molecule has 0 aliphatic heterocycles. The molecule has 1 unspecified atom stereocenters. The van der Waals surface area contributed by atoms with E-state index in [2.05, 4.69) is 16.4 Å². The zero-order valence-corrected chi connectivity index (χ0v) is 12.8. The Labute approximate surface area is 137 Å². The maximum atomic E-state index is 10.9. The molecule has 23 heavy (non-hydrogen) atoms. The van der Waals surface area contributed by atoms with E-state index in [0.29, 0.717) is 29.1 Å². The number of carboxylic acids is 1. The quantitative estimate of drug-likeness (QED) is 0.842. The van der Waals surface area contributed by atoms with Gasteiger partial charge in [0.15, 0.2) is 0 Å². The summed E-state index contributed by atoms with van der Waals surface area (Å²) in [5.41, 5.74) is 2.58. The number of carboxylic acid groups (broad SMARTS) is 1. The van der Waals surface area contributed by atoms with Gasteiger partial charge in [-0.3, -0.25) is 9.20 Å². The Balaban J connectivity index is 2.11. The van der Waals surface area contributed by atoms with E-state index in [-0.39, 0.29) is 11.9 Å². The number of nitriles is 1. The summed E-state index contributed by atoms with van der Waals surface area (Å²) in [6.07, 6.45) is 8.11. The minimum atomic E-state index is -0.964. The highest BCUT2D eigenvalue weighted by Gasteiger charge is 2.17. The van der Waals surface area contributed by atoms with Crippen molar-refractivity contribution in [2.24, 2.45) is 0 Å². The van der Waals surface area contributed by atoms with Gasteiger partial charge in [0.25, 0.3) is 0 Å². The van der Waals surface area contributed by atoms with Crippen LogP contribution in [0.1, 0.15) is 17.7 Å². The molecule has 6 nitrogen and oxygen atoms in total. The number of carbonyl (C=O) groups is 1. The highest BCUT2D eigenvalue weighted by atomic mass is 35.5. The van der Waals surface area contributed by atoms with Crippen molar-refractivity contribution in [1.29, 1.82) is 5.26 Å². The molecule has 3 rings (SSSR count). The predicted molar refractivity (Wildman–Crippen MR) is 87.4 cm³/mol. The highest BCUT2D eigenvalue weighted by molar-refractivity contribution is 6.22. The SMILES string of the molecule is N#Cc1ccn2c(NCC(=O)O)c(C3=CCC(Cl)C=C3)nc2c1. The summed E-state index contributed by atoms with van der Waals surface area (Å²) in [4.78, 5) is 15.4. The smallest absolute Gasteiger partial charge is 0.322 e. The number of allylic oxidation sites excluding steroid dienone is 4. The second kappa shape index (κ2) is 6.15. The van der Waals surface area contributed by atoms with E-state index in [1.165, 1.54) is 0 Å². The lowest BCUT2D eigenvalue weighted by atomic mass is 10.0. The van der Waals surface area contributed by atoms with E-state index >= 15 is 0 Å². The average Bonchev–Trinajstić information content (AvgIpc) is 2.91. The van der Waals surface area contributed by atoms with Gasteiger partial charge in [0.1, 0.15) is 23.7 Å². The lowest BCUT2D eigenvalue weighted by Gasteiger charge is -2.11. The second-order valence-corrected chi connectivity index (χ2v) is 5.64. The molecule has 0 radical (unpaired) electrons. The number of nitrogens with zero attached hydrogens (tertiary/aromatic N) is 3. The van der Waals surface area contributed by atoms with Crippen LogP contribution in [-0.4, -0.2) is 32.4 Å². The third kappa shape index (κ3) is 3.05. The van der Waals surface area contributed by atoms with Crippen LogP contribution in [-0.2, 0) is 4.79 Å². The number of halogens is 1. The van der Waals surface area contributed by atoms with E-state index in [1.54, 1.807) is 22.7 Å². The molecule has 0 aromatic carbocycles. The zero-order chi connectivity index (χ0) is 16.4. The number of hydrogen-bond donors (Lipinski definition) is 2. The third-order valence-corrected chi connectivity index (χ3v) is 3.81. The topological polar surface area (TPSA) is 90.4 Å². The molecule has 116 valence electrons. The lowest BCUT2D eigenvalue weighted by Crippen LogP contribution is -2.14. The van der Waals surface area contributed by atoms with Gasteiger partial charge in [-0.05, 0) is 24.1 Å². The van der Waals surface area contributed by atoms with Crippen molar-refractivity contribution in [3.8, 4) is 6.07 Å². The molecular weight excluding hydrogens is 316 g/mol. The van der Waals surface area contributed by atoms with Crippen molar-refractivity contribution < 1.29 is 9.90 Å². The van der Waals surface area contributed by atoms with Crippen LogP contribution < -0.4 is 5.32 Å². The molecule has 2 heterocycles. The Kier molecular flexibility index (Phi) is 4.04. The second-order valence-electron chi connectivity index (χ2n) is 5.08. The summed E-state index contributed by atoms with van der Waals surface area (Å²) in [7, 11) is 0. The minimum Gasteiger partial charge on any atom is -0.480 e. The largest absolute Gasteiger partial charge is 0.480 e. The summed E-state index contributed by atoms with van der Waals surface area (Å²) in [6, 6.07) is 5.39. The van der Waals surface area contributed by atoms with Crippen molar-refractivity contribution in [3.05, 3.63) is 47.8 Å². The van der Waals surface area contributed by atoms with Crippen LogP contribution >= 0.6 is 11.6 Å². The number of rotatable bonds is 4. The van der Waals surface area contributed by atoms with E-state index in [0.717, 1.165) is 5.57 Å². The maximum Gasteiger partial charge on any atom is 0.322 e. The Morgan fingerprint density at radius 2 is 2.43 bits per heavy atom. The van der Waals surface area contributed by atoms with Gasteiger partial charge in [0, 0.05) is 6.20 Å². The predicted octanol–water partition coefficient (Wildman–Crippen LogP) is 2.65. The number of nitrogens with one attached hydrogen (secondary N) is 1. The lowest BCUT2D eigenvalue weighted by molar-refractivity contribution is -0.134. The Bertz CT molecular complexity index is 876. The Morgan fingerprint density at radius 1 is 1.61 bits per heavy atom. The highest BCUT2D eigenvalue weighted by Crippen LogP contribution is 2.30. The van der Waals surface area contributed by atoms with E-state index in [4.69, 9.17) is 22.0 Å². The molecule has 0 fully saturated rings. The van der Waals surface area contributed by atoms with Crippen molar-refractivity contribution in [2.75, 3.05) is 11.9 Å². The van der Waals surface area contributed by atoms with Gasteiger partial charge in [-0.15, -0.1) is 11.6 Å². The maximum absolute atomic E-state index is 10.9. The van der Waals surface area contributed by atoms with Crippen LogP contribution in [0.2, 0.25) is 0 Å². The normalized spacial score (nSPS) is 16.9. The van der Waals surface area contributed by atoms with Crippen LogP contribution in [0.3, 0.4) is 0 Å². The fourth-order valence-electron chi connectivity index (χ4n) is 2.41. The van der Waals surface area contributed by atoms with Crippen molar-refractivity contribution >= 4 is 34.6 Å². The molecule has 0 saturated heterocycles. The monoisotopic (exact) mass is 328 g/mol. The molecule has 0 bridgehead atoms. The minimum absolute atomic E-state index is 0.0450. The number of aromatic nitrogens is 2. The standard InChI is InChI=1S/C16H13ClN4O2/c17-12-3-1-11(2-4-12)15-16(19-9-14(22)23)21-6-5-10(8-18)7-13(21)20-15/h1-3,5-7,12,19H,4,9H2,(H,22,23). The first kappa shape index (κ1) is 15.1. The summed E-state index contributed by atoms with van der Waals surface area (Å²) >= 11 is 6.04. The first-order chi connectivity index (χ1) is 11.1. The molecule has 1 aliphatic carbocycles. The number of alkyl halides is 1. The first-order valence-electron chi connectivity index (χ1n) is 6.99. The molecule has 2 aromatic rings. The first-order valence-corrected chi connectivity index (χ1v) is 7.43. The fraction of sp³-hybridized carbons (Fsp3) is 0.188. The molecule has 2 N–H and O–H groups in total. The average molecular weight is 329 g/mol. The Morgan fingerprint density at radius 3 is 3.09 bits per heavy atom. The van der Waals surface area contributed by atoms with E-state index in [9.17, 15) is 4.79 Å². The summed E-state index contributed by atoms with van der Waals surface area (Å²) < 4.78 is 1.74. The number of hydrogen-bond acceptors (Lipinski definition) is 4. The van der Waals surface area contributed by atoms with E-state index < -0.39 is 5.97 Å². The van der Waals surface area contributed by atoms with Crippen molar-refractivity contribution in [1.82, 2.24) is 9.38 Å². The molecule has 0 amide bonds. The van der Waals surface area contributed by atoms with Gasteiger partial charge < -0.3 is 10.4 Å². The van der Waals surface area contributed by atoms with Gasteiger partial charge in [-0.1, -0.05) is 18.2 Å². The number of imidazole rings is 1. The summed E-state index contributed by atoms with van der Waals surface area (Å²) in [6.45, 7) is -0.226. The molecule has 2 aromatic heterocycles. The summed E-state index contributed by atoms with van der Waals surface area (Å²) in [5, 5.41) is 20.8. The van der Waals surface area contributed by atoms with Crippen LogP contribution in [0.5, 0.6) is 0 Å². The van der Waals surface area contributed by atoms with Crippen LogP contribution in [0.15, 0.2) is 36.6 Å². The summed E-state index contributed by atoms with van der Waals surface area (Å²) in [5.74, 6) is -0.385. The van der Waals surface area contributed by atoms with Gasteiger partial charge in [0.05, 0.1) is 17.0 Å². The van der Waals surface area contributed by atoms with Crippen molar-refractivity contribution in [3.63, 3.8) is 0 Å². The number of anilines is 1.